The largest absolute Gasteiger partial charge is 0.372 e. The molecule has 1 aliphatic heterocycles. The van der Waals surface area contributed by atoms with Gasteiger partial charge in [-0.15, -0.1) is 0 Å². The normalized spacial score (nSPS) is 17.3. The highest BCUT2D eigenvalue weighted by Crippen LogP contribution is 2.19. The maximum Gasteiger partial charge on any atom is 0.243 e. The molecule has 2 heterocycles. The third-order valence-electron chi connectivity index (χ3n) is 5.75. The summed E-state index contributed by atoms with van der Waals surface area (Å²) in [5, 5.41) is 2.92. The molecule has 2 aromatic rings. The van der Waals surface area contributed by atoms with Gasteiger partial charge in [0.1, 0.15) is 0 Å². The number of carbonyl (C=O) groups excluding carboxylic acids is 2. The molecule has 2 atom stereocenters. The van der Waals surface area contributed by atoms with Gasteiger partial charge in [-0.3, -0.25) is 19.5 Å². The number of aromatic nitrogens is 1. The first-order valence-electron chi connectivity index (χ1n) is 10.8. The number of anilines is 1. The van der Waals surface area contributed by atoms with Gasteiger partial charge in [-0.25, -0.2) is 0 Å². The van der Waals surface area contributed by atoms with E-state index in [1.165, 1.54) is 4.90 Å². The van der Waals surface area contributed by atoms with Crippen molar-refractivity contribution in [3.05, 3.63) is 59.9 Å². The summed E-state index contributed by atoms with van der Waals surface area (Å²) in [5.74, 6) is -0.252. The smallest absolute Gasteiger partial charge is 0.243 e. The summed E-state index contributed by atoms with van der Waals surface area (Å²) < 4.78 is 6.00. The molecular formula is C24H32N4O3. The Balaban J connectivity index is 1.46. The highest BCUT2D eigenvalue weighted by Gasteiger charge is 2.31. The third-order valence-corrected chi connectivity index (χ3v) is 5.75. The van der Waals surface area contributed by atoms with E-state index < -0.39 is 0 Å². The molecule has 7 nitrogen and oxygen atoms in total. The van der Waals surface area contributed by atoms with Crippen LogP contribution in [-0.4, -0.2) is 65.4 Å². The number of benzene rings is 1. The zero-order valence-electron chi connectivity index (χ0n) is 18.6. The highest BCUT2D eigenvalue weighted by atomic mass is 16.5. The Kier molecular flexibility index (Phi) is 8.14. The third kappa shape index (κ3) is 6.35. The summed E-state index contributed by atoms with van der Waals surface area (Å²) in [4.78, 5) is 33.0. The second-order valence-electron chi connectivity index (χ2n) is 8.00. The second-order valence-corrected chi connectivity index (χ2v) is 8.00. The van der Waals surface area contributed by atoms with E-state index in [4.69, 9.17) is 4.74 Å². The summed E-state index contributed by atoms with van der Waals surface area (Å²) in [5.41, 5.74) is 2.97. The number of amides is 2. The molecule has 0 bridgehead atoms. The summed E-state index contributed by atoms with van der Waals surface area (Å²) in [6.45, 7) is 6.03. The first kappa shape index (κ1) is 22.9. The summed E-state index contributed by atoms with van der Waals surface area (Å²) in [7, 11) is 1.68. The maximum absolute atomic E-state index is 12.9. The van der Waals surface area contributed by atoms with Crippen LogP contribution >= 0.6 is 0 Å². The standard InChI is InChI=1S/C24H32N4O3/c1-4-20-7-5-6-8-22(20)26-23(29)16-27(3)24(30)18(2)28-14-11-21(15-28)31-17-19-9-12-25-13-10-19/h5-10,12-13,18,21H,4,11,14-17H2,1-3H3,(H,26,29)/t18-,21-/m1/s1. The second kappa shape index (κ2) is 11.0. The fourth-order valence-electron chi connectivity index (χ4n) is 3.84. The van der Waals surface area contributed by atoms with E-state index in [9.17, 15) is 9.59 Å². The monoisotopic (exact) mass is 424 g/mol. The number of ether oxygens (including phenoxy) is 1. The Labute approximate surface area is 184 Å². The highest BCUT2D eigenvalue weighted by molar-refractivity contribution is 5.95. The number of para-hydroxylation sites is 1. The van der Waals surface area contributed by atoms with E-state index in [1.807, 2.05) is 50.2 Å². The average molecular weight is 425 g/mol. The molecule has 1 N–H and O–H groups in total. The molecule has 1 aromatic carbocycles. The molecular weight excluding hydrogens is 392 g/mol. The topological polar surface area (TPSA) is 74.8 Å². The van der Waals surface area contributed by atoms with Crippen LogP contribution in [0.4, 0.5) is 5.69 Å². The van der Waals surface area contributed by atoms with Crippen LogP contribution in [0.3, 0.4) is 0 Å². The predicted molar refractivity (Wildman–Crippen MR) is 121 cm³/mol. The predicted octanol–water partition coefficient (Wildman–Crippen LogP) is 2.72. The molecule has 1 saturated heterocycles. The minimum atomic E-state index is -0.296. The van der Waals surface area contributed by atoms with Gasteiger partial charge < -0.3 is 15.0 Å². The molecule has 0 radical (unpaired) electrons. The van der Waals surface area contributed by atoms with Crippen molar-refractivity contribution >= 4 is 17.5 Å². The van der Waals surface area contributed by atoms with Gasteiger partial charge in [0.05, 0.1) is 25.3 Å². The van der Waals surface area contributed by atoms with E-state index in [0.29, 0.717) is 13.2 Å². The summed E-state index contributed by atoms with van der Waals surface area (Å²) in [6.07, 6.45) is 5.34. The molecule has 0 aliphatic carbocycles. The van der Waals surface area contributed by atoms with Gasteiger partial charge in [-0.1, -0.05) is 25.1 Å². The molecule has 3 rings (SSSR count). The van der Waals surface area contributed by atoms with Gasteiger partial charge in [0.15, 0.2) is 0 Å². The molecule has 7 heteroatoms. The number of rotatable bonds is 9. The Hall–Kier alpha value is -2.77. The number of hydrogen-bond acceptors (Lipinski definition) is 5. The van der Waals surface area contributed by atoms with E-state index >= 15 is 0 Å². The number of hydrogen-bond donors (Lipinski definition) is 1. The maximum atomic E-state index is 12.9. The number of likely N-dealkylation sites (N-methyl/N-ethyl adjacent to an activating group) is 1. The minimum absolute atomic E-state index is 0.0248. The van der Waals surface area contributed by atoms with Gasteiger partial charge in [0.25, 0.3) is 0 Å². The Morgan fingerprint density at radius 2 is 2.00 bits per heavy atom. The number of carbonyl (C=O) groups is 2. The fraction of sp³-hybridized carbons (Fsp3) is 0.458. The number of pyridine rings is 1. The van der Waals surface area contributed by atoms with E-state index in [1.54, 1.807) is 19.4 Å². The first-order chi connectivity index (χ1) is 15.0. The van der Waals surface area contributed by atoms with Crippen LogP contribution in [0, 0.1) is 0 Å². The van der Waals surface area contributed by atoms with Crippen molar-refractivity contribution in [3.8, 4) is 0 Å². The van der Waals surface area contributed by atoms with Gasteiger partial charge in [-0.05, 0) is 49.1 Å². The number of aryl methyl sites for hydroxylation is 1. The van der Waals surface area contributed by atoms with Crippen molar-refractivity contribution in [1.29, 1.82) is 0 Å². The van der Waals surface area contributed by atoms with Gasteiger partial charge in [0, 0.05) is 38.2 Å². The van der Waals surface area contributed by atoms with Crippen molar-refractivity contribution in [2.75, 3.05) is 32.0 Å². The lowest BCUT2D eigenvalue weighted by Crippen LogP contribution is -2.47. The lowest BCUT2D eigenvalue weighted by atomic mass is 10.1. The van der Waals surface area contributed by atoms with Crippen molar-refractivity contribution in [2.45, 2.75) is 45.4 Å². The summed E-state index contributed by atoms with van der Waals surface area (Å²) >= 11 is 0. The van der Waals surface area contributed by atoms with Crippen LogP contribution in [0.5, 0.6) is 0 Å². The van der Waals surface area contributed by atoms with Crippen LogP contribution in [0.15, 0.2) is 48.8 Å². The van der Waals surface area contributed by atoms with E-state index in [-0.39, 0.29) is 30.5 Å². The van der Waals surface area contributed by atoms with Crippen molar-refractivity contribution in [2.24, 2.45) is 0 Å². The van der Waals surface area contributed by atoms with Crippen LogP contribution in [-0.2, 0) is 27.4 Å². The molecule has 31 heavy (non-hydrogen) atoms. The number of nitrogens with zero attached hydrogens (tertiary/aromatic N) is 3. The van der Waals surface area contributed by atoms with E-state index in [0.717, 1.165) is 36.2 Å². The number of likely N-dealkylation sites (tertiary alicyclic amines) is 1. The molecule has 0 saturated carbocycles. The lowest BCUT2D eigenvalue weighted by Gasteiger charge is -2.27. The van der Waals surface area contributed by atoms with Crippen molar-refractivity contribution in [3.63, 3.8) is 0 Å². The average Bonchev–Trinajstić information content (AvgIpc) is 3.26. The molecule has 1 aliphatic rings. The van der Waals surface area contributed by atoms with Crippen LogP contribution in [0.2, 0.25) is 0 Å². The molecule has 0 spiro atoms. The van der Waals surface area contributed by atoms with Crippen LogP contribution in [0.25, 0.3) is 0 Å². The molecule has 2 amide bonds. The minimum Gasteiger partial charge on any atom is -0.372 e. The zero-order chi connectivity index (χ0) is 22.2. The molecule has 1 fully saturated rings. The van der Waals surface area contributed by atoms with Crippen molar-refractivity contribution < 1.29 is 14.3 Å². The van der Waals surface area contributed by atoms with Gasteiger partial charge in [-0.2, -0.15) is 0 Å². The lowest BCUT2D eigenvalue weighted by molar-refractivity contribution is -0.137. The Bertz CT molecular complexity index is 874. The Morgan fingerprint density at radius 1 is 1.26 bits per heavy atom. The quantitative estimate of drug-likeness (QED) is 0.670. The SMILES string of the molecule is CCc1ccccc1NC(=O)CN(C)C(=O)[C@@H](C)N1CC[C@@H](OCc2ccncc2)C1. The first-order valence-corrected chi connectivity index (χ1v) is 10.8. The van der Waals surface area contributed by atoms with Crippen LogP contribution in [0.1, 0.15) is 31.4 Å². The zero-order valence-corrected chi connectivity index (χ0v) is 18.6. The summed E-state index contributed by atoms with van der Waals surface area (Å²) in [6, 6.07) is 11.3. The van der Waals surface area contributed by atoms with E-state index in [2.05, 4.69) is 15.2 Å². The molecule has 0 unspecified atom stereocenters. The van der Waals surface area contributed by atoms with Crippen LogP contribution < -0.4 is 5.32 Å². The molecule has 166 valence electrons. The van der Waals surface area contributed by atoms with Gasteiger partial charge >= 0.3 is 0 Å². The Morgan fingerprint density at radius 3 is 2.74 bits per heavy atom. The fourth-order valence-corrected chi connectivity index (χ4v) is 3.84. The number of nitrogens with one attached hydrogen (secondary N) is 1. The van der Waals surface area contributed by atoms with Gasteiger partial charge in [0.2, 0.25) is 11.8 Å². The van der Waals surface area contributed by atoms with Crippen molar-refractivity contribution in [1.82, 2.24) is 14.8 Å². The molecule has 1 aromatic heterocycles.